The third kappa shape index (κ3) is 3.51. The maximum absolute atomic E-state index is 12.1. The molecule has 1 aromatic carbocycles. The SMILES string of the molecule is COc1ccc(C)cc1C(C)NC(=O)c1cccc(=O)[nH]1. The highest BCUT2D eigenvalue weighted by molar-refractivity contribution is 5.92. The van der Waals surface area contributed by atoms with Gasteiger partial charge in [0.25, 0.3) is 5.91 Å². The summed E-state index contributed by atoms with van der Waals surface area (Å²) in [6, 6.07) is 10.0. The van der Waals surface area contributed by atoms with Crippen molar-refractivity contribution in [1.82, 2.24) is 10.3 Å². The van der Waals surface area contributed by atoms with Crippen molar-refractivity contribution in [2.75, 3.05) is 7.11 Å². The first-order valence-electron chi connectivity index (χ1n) is 6.66. The van der Waals surface area contributed by atoms with Crippen molar-refractivity contribution in [3.8, 4) is 5.75 Å². The van der Waals surface area contributed by atoms with Gasteiger partial charge in [-0.2, -0.15) is 0 Å². The minimum Gasteiger partial charge on any atom is -0.496 e. The molecule has 0 radical (unpaired) electrons. The van der Waals surface area contributed by atoms with Gasteiger partial charge in [0.15, 0.2) is 0 Å². The van der Waals surface area contributed by atoms with Crippen LogP contribution in [-0.2, 0) is 0 Å². The Bertz CT molecular complexity index is 707. The Labute approximate surface area is 123 Å². The molecule has 2 rings (SSSR count). The molecular weight excluding hydrogens is 268 g/mol. The summed E-state index contributed by atoms with van der Waals surface area (Å²) < 4.78 is 5.32. The minimum atomic E-state index is -0.330. The van der Waals surface area contributed by atoms with Crippen LogP contribution in [0.1, 0.15) is 34.6 Å². The van der Waals surface area contributed by atoms with Crippen LogP contribution >= 0.6 is 0 Å². The predicted octanol–water partition coefficient (Wildman–Crippen LogP) is 2.18. The number of carbonyl (C=O) groups is 1. The summed E-state index contributed by atoms with van der Waals surface area (Å²) in [6.45, 7) is 3.85. The minimum absolute atomic E-state index is 0.237. The number of amides is 1. The van der Waals surface area contributed by atoms with E-state index in [-0.39, 0.29) is 23.2 Å². The van der Waals surface area contributed by atoms with Crippen molar-refractivity contribution in [2.24, 2.45) is 0 Å². The van der Waals surface area contributed by atoms with E-state index < -0.39 is 0 Å². The van der Waals surface area contributed by atoms with E-state index in [0.29, 0.717) is 0 Å². The van der Waals surface area contributed by atoms with Crippen LogP contribution in [0.25, 0.3) is 0 Å². The van der Waals surface area contributed by atoms with Crippen molar-refractivity contribution in [3.05, 3.63) is 63.6 Å². The largest absolute Gasteiger partial charge is 0.496 e. The number of H-pyrrole nitrogens is 1. The lowest BCUT2D eigenvalue weighted by molar-refractivity contribution is 0.0934. The lowest BCUT2D eigenvalue weighted by atomic mass is 10.0. The molecule has 5 heteroatoms. The van der Waals surface area contributed by atoms with Gasteiger partial charge in [-0.15, -0.1) is 0 Å². The second kappa shape index (κ2) is 6.26. The van der Waals surface area contributed by atoms with Crippen molar-refractivity contribution in [3.63, 3.8) is 0 Å². The first kappa shape index (κ1) is 14.8. The third-order valence-electron chi connectivity index (χ3n) is 3.21. The maximum Gasteiger partial charge on any atom is 0.268 e. The van der Waals surface area contributed by atoms with Gasteiger partial charge < -0.3 is 15.0 Å². The molecule has 1 atom stereocenters. The highest BCUT2D eigenvalue weighted by Crippen LogP contribution is 2.26. The monoisotopic (exact) mass is 286 g/mol. The fraction of sp³-hybridized carbons (Fsp3) is 0.250. The van der Waals surface area contributed by atoms with Gasteiger partial charge in [-0.05, 0) is 26.0 Å². The first-order chi connectivity index (χ1) is 10.0. The molecule has 110 valence electrons. The van der Waals surface area contributed by atoms with Crippen LogP contribution in [-0.4, -0.2) is 18.0 Å². The molecule has 0 aliphatic heterocycles. The molecule has 0 bridgehead atoms. The average Bonchev–Trinajstić information content (AvgIpc) is 2.47. The quantitative estimate of drug-likeness (QED) is 0.905. The number of nitrogens with one attached hydrogen (secondary N) is 2. The Kier molecular flexibility index (Phi) is 4.42. The summed E-state index contributed by atoms with van der Waals surface area (Å²) in [6.07, 6.45) is 0. The zero-order chi connectivity index (χ0) is 15.4. The Morgan fingerprint density at radius 1 is 1.29 bits per heavy atom. The highest BCUT2D eigenvalue weighted by atomic mass is 16.5. The second-order valence-electron chi connectivity index (χ2n) is 4.87. The van der Waals surface area contributed by atoms with E-state index in [1.165, 1.54) is 6.07 Å². The molecule has 0 fully saturated rings. The van der Waals surface area contributed by atoms with Gasteiger partial charge in [0.1, 0.15) is 11.4 Å². The number of aromatic nitrogens is 1. The number of hydrogen-bond donors (Lipinski definition) is 2. The summed E-state index contributed by atoms with van der Waals surface area (Å²) in [5.74, 6) is 0.388. The number of rotatable bonds is 4. The van der Waals surface area contributed by atoms with Crippen LogP contribution in [0.5, 0.6) is 5.75 Å². The molecule has 5 nitrogen and oxygen atoms in total. The van der Waals surface area contributed by atoms with Gasteiger partial charge in [0.2, 0.25) is 5.56 Å². The zero-order valence-corrected chi connectivity index (χ0v) is 12.3. The Morgan fingerprint density at radius 3 is 2.71 bits per heavy atom. The van der Waals surface area contributed by atoms with E-state index in [1.807, 2.05) is 32.0 Å². The number of aryl methyl sites for hydroxylation is 1. The van der Waals surface area contributed by atoms with Crippen LogP contribution in [0, 0.1) is 6.92 Å². The van der Waals surface area contributed by atoms with E-state index >= 15 is 0 Å². The van der Waals surface area contributed by atoms with Crippen LogP contribution in [0.15, 0.2) is 41.2 Å². The van der Waals surface area contributed by atoms with Crippen LogP contribution < -0.4 is 15.6 Å². The van der Waals surface area contributed by atoms with Gasteiger partial charge in [-0.1, -0.05) is 23.8 Å². The van der Waals surface area contributed by atoms with E-state index in [2.05, 4.69) is 10.3 Å². The maximum atomic E-state index is 12.1. The number of pyridine rings is 1. The standard InChI is InChI=1S/C16H18N2O3/c1-10-7-8-14(21-3)12(9-10)11(2)17-16(20)13-5-4-6-15(19)18-13/h4-9,11H,1-3H3,(H,17,20)(H,18,19). The molecule has 21 heavy (non-hydrogen) atoms. The molecule has 0 saturated carbocycles. The van der Waals surface area contributed by atoms with E-state index in [4.69, 9.17) is 4.74 Å². The molecular formula is C16H18N2O3. The Balaban J connectivity index is 2.21. The average molecular weight is 286 g/mol. The third-order valence-corrected chi connectivity index (χ3v) is 3.21. The number of hydrogen-bond acceptors (Lipinski definition) is 3. The summed E-state index contributed by atoms with van der Waals surface area (Å²) in [7, 11) is 1.59. The molecule has 2 N–H and O–H groups in total. The zero-order valence-electron chi connectivity index (χ0n) is 12.3. The van der Waals surface area contributed by atoms with E-state index in [1.54, 1.807) is 19.2 Å². The summed E-state index contributed by atoms with van der Waals surface area (Å²) in [4.78, 5) is 25.9. The van der Waals surface area contributed by atoms with Gasteiger partial charge in [0.05, 0.1) is 13.2 Å². The Hall–Kier alpha value is -2.56. The van der Waals surface area contributed by atoms with Crippen LogP contribution in [0.3, 0.4) is 0 Å². The fourth-order valence-electron chi connectivity index (χ4n) is 2.12. The number of methoxy groups -OCH3 is 1. The summed E-state index contributed by atoms with van der Waals surface area (Å²) >= 11 is 0. The molecule has 0 saturated heterocycles. The number of carbonyl (C=O) groups excluding carboxylic acids is 1. The number of ether oxygens (including phenoxy) is 1. The van der Waals surface area contributed by atoms with Crippen molar-refractivity contribution < 1.29 is 9.53 Å². The van der Waals surface area contributed by atoms with E-state index in [0.717, 1.165) is 16.9 Å². The smallest absolute Gasteiger partial charge is 0.268 e. The molecule has 1 heterocycles. The van der Waals surface area contributed by atoms with Gasteiger partial charge in [0, 0.05) is 11.6 Å². The highest BCUT2D eigenvalue weighted by Gasteiger charge is 2.15. The van der Waals surface area contributed by atoms with Crippen LogP contribution in [0.4, 0.5) is 0 Å². The molecule has 0 aliphatic rings. The van der Waals surface area contributed by atoms with Crippen LogP contribution in [0.2, 0.25) is 0 Å². The molecule has 1 amide bonds. The lowest BCUT2D eigenvalue weighted by Gasteiger charge is -2.18. The molecule has 0 aliphatic carbocycles. The molecule has 2 aromatic rings. The van der Waals surface area contributed by atoms with Gasteiger partial charge >= 0.3 is 0 Å². The van der Waals surface area contributed by atoms with Gasteiger partial charge in [-0.3, -0.25) is 9.59 Å². The lowest BCUT2D eigenvalue weighted by Crippen LogP contribution is -2.29. The molecule has 0 spiro atoms. The first-order valence-corrected chi connectivity index (χ1v) is 6.66. The van der Waals surface area contributed by atoms with Crippen molar-refractivity contribution >= 4 is 5.91 Å². The summed E-state index contributed by atoms with van der Waals surface area (Å²) in [5, 5.41) is 2.85. The normalized spacial score (nSPS) is 11.8. The number of aromatic amines is 1. The molecule has 1 unspecified atom stereocenters. The Morgan fingerprint density at radius 2 is 2.05 bits per heavy atom. The fourth-order valence-corrected chi connectivity index (χ4v) is 2.12. The predicted molar refractivity (Wildman–Crippen MR) is 80.7 cm³/mol. The number of benzene rings is 1. The van der Waals surface area contributed by atoms with Crippen molar-refractivity contribution in [2.45, 2.75) is 19.9 Å². The second-order valence-corrected chi connectivity index (χ2v) is 4.87. The molecule has 1 aromatic heterocycles. The van der Waals surface area contributed by atoms with Crippen molar-refractivity contribution in [1.29, 1.82) is 0 Å². The van der Waals surface area contributed by atoms with E-state index in [9.17, 15) is 9.59 Å². The summed E-state index contributed by atoms with van der Waals surface area (Å²) in [5.41, 5.74) is 1.91. The van der Waals surface area contributed by atoms with Gasteiger partial charge in [-0.25, -0.2) is 0 Å². The topological polar surface area (TPSA) is 71.2 Å².